The van der Waals surface area contributed by atoms with Crippen molar-refractivity contribution in [3.8, 4) is 28.6 Å². The maximum Gasteiger partial charge on any atom is 0.573 e. The van der Waals surface area contributed by atoms with Gasteiger partial charge >= 0.3 is 12.3 Å². The summed E-state index contributed by atoms with van der Waals surface area (Å²) >= 11 is 12.3. The minimum absolute atomic E-state index is 0.0457. The Labute approximate surface area is 261 Å². The second-order valence-electron chi connectivity index (χ2n) is 10.6. The molecule has 8 nitrogen and oxygen atoms in total. The number of carbonyl (C=O) groups is 2. The average molecular weight is 650 g/mol. The normalized spacial score (nSPS) is 11.6. The van der Waals surface area contributed by atoms with E-state index in [-0.39, 0.29) is 37.1 Å². The lowest BCUT2D eigenvalue weighted by Gasteiger charge is -2.19. The molecule has 232 valence electrons. The van der Waals surface area contributed by atoms with Crippen molar-refractivity contribution in [2.75, 3.05) is 6.54 Å². The van der Waals surface area contributed by atoms with E-state index in [1.165, 1.54) is 28.9 Å². The lowest BCUT2D eigenvalue weighted by Crippen LogP contribution is -2.29. The van der Waals surface area contributed by atoms with Gasteiger partial charge in [0, 0.05) is 33.8 Å². The Bertz CT molecular complexity index is 1600. The molecule has 0 unspecified atom stereocenters. The highest BCUT2D eigenvalue weighted by Gasteiger charge is 2.31. The Kier molecular flexibility index (Phi) is 10.1. The number of amides is 1. The molecule has 44 heavy (non-hydrogen) atoms. The van der Waals surface area contributed by atoms with E-state index >= 15 is 0 Å². The Morgan fingerprint density at radius 1 is 0.909 bits per heavy atom. The van der Waals surface area contributed by atoms with E-state index in [0.29, 0.717) is 32.6 Å². The lowest BCUT2D eigenvalue weighted by atomic mass is 10.1. The van der Waals surface area contributed by atoms with Crippen LogP contribution in [0.3, 0.4) is 0 Å². The minimum atomic E-state index is -4.82. The summed E-state index contributed by atoms with van der Waals surface area (Å²) in [4.78, 5) is 24.3. The predicted molar refractivity (Wildman–Crippen MR) is 159 cm³/mol. The zero-order valence-corrected chi connectivity index (χ0v) is 25.4. The number of halogens is 5. The fourth-order valence-corrected chi connectivity index (χ4v) is 4.49. The molecule has 4 aromatic rings. The van der Waals surface area contributed by atoms with Crippen molar-refractivity contribution in [1.29, 1.82) is 0 Å². The van der Waals surface area contributed by atoms with Crippen molar-refractivity contribution in [3.63, 3.8) is 0 Å². The van der Waals surface area contributed by atoms with E-state index in [9.17, 15) is 22.8 Å². The Morgan fingerprint density at radius 3 is 2.14 bits per heavy atom. The summed E-state index contributed by atoms with van der Waals surface area (Å²) in [5, 5.41) is 8.05. The highest BCUT2D eigenvalue weighted by atomic mass is 35.5. The van der Waals surface area contributed by atoms with E-state index in [2.05, 4.69) is 15.2 Å². The molecule has 1 aromatic heterocycles. The highest BCUT2D eigenvalue weighted by Crippen LogP contribution is 2.32. The van der Waals surface area contributed by atoms with Crippen LogP contribution in [-0.2, 0) is 16.1 Å². The molecule has 1 heterocycles. The van der Waals surface area contributed by atoms with Crippen LogP contribution in [0.4, 0.5) is 13.2 Å². The number of rotatable bonds is 10. The largest absolute Gasteiger partial charge is 0.573 e. The van der Waals surface area contributed by atoms with Gasteiger partial charge < -0.3 is 19.5 Å². The lowest BCUT2D eigenvalue weighted by molar-refractivity contribution is -0.274. The number of carbonyl (C=O) groups excluding carboxylic acids is 2. The molecular weight excluding hydrogens is 622 g/mol. The van der Waals surface area contributed by atoms with Crippen LogP contribution < -0.4 is 14.8 Å². The summed E-state index contributed by atoms with van der Waals surface area (Å²) in [7, 11) is 0. The Morgan fingerprint density at radius 2 is 1.55 bits per heavy atom. The zero-order valence-electron chi connectivity index (χ0n) is 23.9. The smallest absolute Gasteiger partial charge is 0.473 e. The van der Waals surface area contributed by atoms with Gasteiger partial charge in [0.15, 0.2) is 0 Å². The number of esters is 1. The van der Waals surface area contributed by atoms with Crippen LogP contribution in [0, 0.1) is 0 Å². The summed E-state index contributed by atoms with van der Waals surface area (Å²) in [5.41, 5.74) is 1.99. The monoisotopic (exact) mass is 649 g/mol. The second-order valence-corrected chi connectivity index (χ2v) is 11.4. The van der Waals surface area contributed by atoms with Crippen molar-refractivity contribution >= 4 is 35.1 Å². The fraction of sp³-hybridized carbons (Fsp3) is 0.258. The van der Waals surface area contributed by atoms with Gasteiger partial charge in [-0.3, -0.25) is 9.59 Å². The molecule has 0 saturated heterocycles. The van der Waals surface area contributed by atoms with Crippen molar-refractivity contribution in [2.45, 2.75) is 45.8 Å². The van der Waals surface area contributed by atoms with Crippen LogP contribution >= 0.6 is 23.2 Å². The Hall–Kier alpha value is -4.22. The van der Waals surface area contributed by atoms with Crippen molar-refractivity contribution < 1.29 is 37.0 Å². The third-order valence-corrected chi connectivity index (χ3v) is 6.22. The maximum absolute atomic E-state index is 12.6. The molecular formula is C31H28Cl2F3N3O5. The molecule has 0 saturated carbocycles. The summed E-state index contributed by atoms with van der Waals surface area (Å²) in [6.45, 7) is 5.52. The molecule has 0 radical (unpaired) electrons. The molecule has 0 atom stereocenters. The van der Waals surface area contributed by atoms with Gasteiger partial charge in [-0.05, 0) is 80.9 Å². The van der Waals surface area contributed by atoms with Gasteiger partial charge in [0.2, 0.25) is 5.88 Å². The molecule has 4 rings (SSSR count). The first-order valence-electron chi connectivity index (χ1n) is 13.3. The third-order valence-electron chi connectivity index (χ3n) is 5.79. The summed E-state index contributed by atoms with van der Waals surface area (Å²) in [6.07, 6.45) is -4.78. The molecule has 13 heteroatoms. The number of hydrogen-bond acceptors (Lipinski definition) is 6. The van der Waals surface area contributed by atoms with E-state index in [1.807, 2.05) is 0 Å². The summed E-state index contributed by atoms with van der Waals surface area (Å²) in [5.74, 6) is -0.852. The minimum Gasteiger partial charge on any atom is -0.473 e. The van der Waals surface area contributed by atoms with Gasteiger partial charge in [0.25, 0.3) is 5.91 Å². The fourth-order valence-electron chi connectivity index (χ4n) is 3.97. The molecule has 0 aliphatic rings. The number of alkyl halides is 3. The standard InChI is InChI=1S/C31H28Cl2F3N3O5/c1-30(2,3)44-28(40)12-13-37-29(41)20-6-4-19(5-7-20)18-42-27-17-26(21-14-22(32)16-23(33)15-21)38-39(27)24-8-10-25(11-9-24)43-31(34,35)36/h4-11,14-17H,12-13,18H2,1-3H3,(H,37,41). The number of nitrogens with zero attached hydrogens (tertiary/aromatic N) is 2. The third kappa shape index (κ3) is 9.65. The zero-order chi connectivity index (χ0) is 32.1. The van der Waals surface area contributed by atoms with E-state index in [1.54, 1.807) is 69.3 Å². The van der Waals surface area contributed by atoms with Crippen LogP contribution in [0.1, 0.15) is 43.1 Å². The average Bonchev–Trinajstić information content (AvgIpc) is 3.34. The molecule has 0 bridgehead atoms. The van der Waals surface area contributed by atoms with Gasteiger partial charge in [-0.15, -0.1) is 13.2 Å². The van der Waals surface area contributed by atoms with E-state index in [4.69, 9.17) is 32.7 Å². The summed E-state index contributed by atoms with van der Waals surface area (Å²) < 4.78 is 54.6. The summed E-state index contributed by atoms with van der Waals surface area (Å²) in [6, 6.07) is 18.4. The van der Waals surface area contributed by atoms with Gasteiger partial charge in [0.05, 0.1) is 17.8 Å². The number of hydrogen-bond donors (Lipinski definition) is 1. The van der Waals surface area contributed by atoms with Crippen molar-refractivity contribution in [2.24, 2.45) is 0 Å². The van der Waals surface area contributed by atoms with Gasteiger partial charge in [-0.1, -0.05) is 35.3 Å². The SMILES string of the molecule is CC(C)(C)OC(=O)CCNC(=O)c1ccc(COc2cc(-c3cc(Cl)cc(Cl)c3)nn2-c2ccc(OC(F)(F)F)cc2)cc1. The van der Waals surface area contributed by atoms with E-state index in [0.717, 1.165) is 5.56 Å². The predicted octanol–water partition coefficient (Wildman–Crippen LogP) is 7.79. The van der Waals surface area contributed by atoms with Crippen LogP contribution in [0.25, 0.3) is 16.9 Å². The van der Waals surface area contributed by atoms with Crippen molar-refractivity contribution in [1.82, 2.24) is 15.1 Å². The second kappa shape index (κ2) is 13.6. The van der Waals surface area contributed by atoms with Gasteiger partial charge in [-0.2, -0.15) is 5.10 Å². The van der Waals surface area contributed by atoms with Gasteiger partial charge in [0.1, 0.15) is 18.0 Å². The number of nitrogens with one attached hydrogen (secondary N) is 1. The molecule has 0 spiro atoms. The quantitative estimate of drug-likeness (QED) is 0.176. The highest BCUT2D eigenvalue weighted by molar-refractivity contribution is 6.35. The van der Waals surface area contributed by atoms with Crippen LogP contribution in [0.15, 0.2) is 72.8 Å². The van der Waals surface area contributed by atoms with E-state index < -0.39 is 17.9 Å². The molecule has 1 N–H and O–H groups in total. The van der Waals surface area contributed by atoms with Crippen LogP contribution in [-0.4, -0.2) is 40.2 Å². The molecule has 0 aliphatic heterocycles. The Balaban J connectivity index is 1.47. The van der Waals surface area contributed by atoms with Crippen LogP contribution in [0.5, 0.6) is 11.6 Å². The number of aromatic nitrogens is 2. The van der Waals surface area contributed by atoms with Gasteiger partial charge in [-0.25, -0.2) is 4.68 Å². The van der Waals surface area contributed by atoms with Crippen molar-refractivity contribution in [3.05, 3.63) is 94.0 Å². The number of benzene rings is 3. The molecule has 3 aromatic carbocycles. The first kappa shape index (κ1) is 32.7. The first-order valence-corrected chi connectivity index (χ1v) is 14.1. The van der Waals surface area contributed by atoms with Crippen LogP contribution in [0.2, 0.25) is 10.0 Å². The first-order chi connectivity index (χ1) is 20.6. The molecule has 0 fully saturated rings. The number of ether oxygens (including phenoxy) is 3. The molecule has 1 amide bonds. The maximum atomic E-state index is 12.6. The molecule has 0 aliphatic carbocycles. The topological polar surface area (TPSA) is 91.7 Å².